The second-order valence-electron chi connectivity index (χ2n) is 6.85. The molecule has 0 aliphatic carbocycles. The van der Waals surface area contributed by atoms with Crippen LogP contribution in [0.25, 0.3) is 5.69 Å². The van der Waals surface area contributed by atoms with Gasteiger partial charge in [-0.1, -0.05) is 44.2 Å². The van der Waals surface area contributed by atoms with E-state index in [2.05, 4.69) is 15.6 Å². The van der Waals surface area contributed by atoms with Gasteiger partial charge in [-0.25, -0.2) is 9.48 Å². The van der Waals surface area contributed by atoms with Crippen LogP contribution < -0.4 is 5.32 Å². The molecule has 0 fully saturated rings. The van der Waals surface area contributed by atoms with E-state index in [0.29, 0.717) is 12.8 Å². The first-order chi connectivity index (χ1) is 11.3. The summed E-state index contributed by atoms with van der Waals surface area (Å²) in [6, 6.07) is 8.30. The van der Waals surface area contributed by atoms with Crippen LogP contribution in [0.4, 0.5) is 0 Å². The number of benzene rings is 1. The van der Waals surface area contributed by atoms with Crippen molar-refractivity contribution in [3.8, 4) is 5.69 Å². The Kier molecular flexibility index (Phi) is 5.33. The summed E-state index contributed by atoms with van der Waals surface area (Å²) in [5, 5.41) is 19.5. The Morgan fingerprint density at radius 2 is 1.92 bits per heavy atom. The Balaban J connectivity index is 2.05. The lowest BCUT2D eigenvalue weighted by Gasteiger charge is -2.21. The topological polar surface area (TPSA) is 97.1 Å². The van der Waals surface area contributed by atoms with Gasteiger partial charge in [-0.3, -0.25) is 4.79 Å². The summed E-state index contributed by atoms with van der Waals surface area (Å²) in [6.45, 7) is 6.08. The van der Waals surface area contributed by atoms with Crippen molar-refractivity contribution in [2.24, 2.45) is 5.41 Å². The summed E-state index contributed by atoms with van der Waals surface area (Å²) in [7, 11) is 0. The summed E-state index contributed by atoms with van der Waals surface area (Å²) in [6.07, 6.45) is 2.52. The largest absolute Gasteiger partial charge is 0.480 e. The number of carboxylic acid groups (broad SMARTS) is 1. The van der Waals surface area contributed by atoms with Crippen LogP contribution in [0.5, 0.6) is 0 Å². The molecular formula is C17H22N4O3. The third-order valence-corrected chi connectivity index (χ3v) is 3.53. The SMILES string of the molecule is CC(C)(C)CCC(NC(=O)c1cn(-c2ccccc2)nn1)C(=O)O. The van der Waals surface area contributed by atoms with Gasteiger partial charge in [0, 0.05) is 0 Å². The predicted octanol–water partition coefficient (Wildman–Crippen LogP) is 2.28. The zero-order chi connectivity index (χ0) is 17.7. The fourth-order valence-electron chi connectivity index (χ4n) is 2.14. The van der Waals surface area contributed by atoms with E-state index in [1.807, 2.05) is 51.1 Å². The van der Waals surface area contributed by atoms with Crippen molar-refractivity contribution >= 4 is 11.9 Å². The third kappa shape index (κ3) is 4.91. The first-order valence-electron chi connectivity index (χ1n) is 7.78. The van der Waals surface area contributed by atoms with E-state index in [0.717, 1.165) is 5.69 Å². The Hall–Kier alpha value is -2.70. The van der Waals surface area contributed by atoms with Crippen molar-refractivity contribution in [2.75, 3.05) is 0 Å². The number of aromatic nitrogens is 3. The van der Waals surface area contributed by atoms with Crippen LogP contribution in [-0.4, -0.2) is 38.0 Å². The Morgan fingerprint density at radius 1 is 1.25 bits per heavy atom. The van der Waals surface area contributed by atoms with Gasteiger partial charge in [-0.2, -0.15) is 0 Å². The Morgan fingerprint density at radius 3 is 2.50 bits per heavy atom. The third-order valence-electron chi connectivity index (χ3n) is 3.53. The van der Waals surface area contributed by atoms with Crippen molar-refractivity contribution in [1.82, 2.24) is 20.3 Å². The quantitative estimate of drug-likeness (QED) is 0.847. The minimum Gasteiger partial charge on any atom is -0.480 e. The standard InChI is InChI=1S/C17H22N4O3/c1-17(2,3)10-9-13(16(23)24)18-15(22)14-11-21(20-19-14)12-7-5-4-6-8-12/h4-8,11,13H,9-10H2,1-3H3,(H,18,22)(H,23,24). The van der Waals surface area contributed by atoms with E-state index in [-0.39, 0.29) is 11.1 Å². The summed E-state index contributed by atoms with van der Waals surface area (Å²) in [5.74, 6) is -1.60. The molecule has 1 aromatic heterocycles. The zero-order valence-electron chi connectivity index (χ0n) is 14.1. The monoisotopic (exact) mass is 330 g/mol. The van der Waals surface area contributed by atoms with Gasteiger partial charge in [-0.15, -0.1) is 5.10 Å². The van der Waals surface area contributed by atoms with E-state index < -0.39 is 17.9 Å². The van der Waals surface area contributed by atoms with Crippen molar-refractivity contribution in [2.45, 2.75) is 39.7 Å². The van der Waals surface area contributed by atoms with E-state index >= 15 is 0 Å². The predicted molar refractivity (Wildman–Crippen MR) is 88.9 cm³/mol. The van der Waals surface area contributed by atoms with Crippen LogP contribution in [0.2, 0.25) is 0 Å². The number of nitrogens with zero attached hydrogens (tertiary/aromatic N) is 3. The second-order valence-corrected chi connectivity index (χ2v) is 6.85. The minimum atomic E-state index is -1.05. The van der Waals surface area contributed by atoms with Crippen molar-refractivity contribution in [1.29, 1.82) is 0 Å². The zero-order valence-corrected chi connectivity index (χ0v) is 14.1. The molecule has 128 valence electrons. The highest BCUT2D eigenvalue weighted by Gasteiger charge is 2.24. The number of hydrogen-bond donors (Lipinski definition) is 2. The molecule has 0 saturated heterocycles. The molecule has 0 bridgehead atoms. The molecule has 2 aromatic rings. The molecular weight excluding hydrogens is 308 g/mol. The molecule has 1 unspecified atom stereocenters. The number of nitrogens with one attached hydrogen (secondary N) is 1. The molecule has 1 heterocycles. The summed E-state index contributed by atoms with van der Waals surface area (Å²) < 4.78 is 1.47. The van der Waals surface area contributed by atoms with Crippen LogP contribution in [-0.2, 0) is 4.79 Å². The molecule has 1 aromatic carbocycles. The van der Waals surface area contributed by atoms with Crippen LogP contribution >= 0.6 is 0 Å². The molecule has 2 N–H and O–H groups in total. The van der Waals surface area contributed by atoms with Gasteiger partial charge in [0.1, 0.15) is 6.04 Å². The van der Waals surface area contributed by atoms with E-state index in [9.17, 15) is 14.7 Å². The average Bonchev–Trinajstić information content (AvgIpc) is 3.01. The van der Waals surface area contributed by atoms with Crippen molar-refractivity contribution in [3.05, 3.63) is 42.2 Å². The Bertz CT molecular complexity index is 704. The number of carbonyl (C=O) groups is 2. The smallest absolute Gasteiger partial charge is 0.326 e. The fourth-order valence-corrected chi connectivity index (χ4v) is 2.14. The van der Waals surface area contributed by atoms with Gasteiger partial charge in [0.05, 0.1) is 11.9 Å². The molecule has 7 heteroatoms. The van der Waals surface area contributed by atoms with Crippen LogP contribution in [0.15, 0.2) is 36.5 Å². The first-order valence-corrected chi connectivity index (χ1v) is 7.78. The average molecular weight is 330 g/mol. The number of carboxylic acids is 1. The lowest BCUT2D eigenvalue weighted by Crippen LogP contribution is -2.41. The second kappa shape index (κ2) is 7.25. The summed E-state index contributed by atoms with van der Waals surface area (Å²) in [5.41, 5.74) is 0.849. The molecule has 1 atom stereocenters. The lowest BCUT2D eigenvalue weighted by atomic mass is 9.88. The number of rotatable bonds is 6. The van der Waals surface area contributed by atoms with E-state index in [4.69, 9.17) is 0 Å². The molecule has 0 aliphatic rings. The number of hydrogen-bond acceptors (Lipinski definition) is 4. The van der Waals surface area contributed by atoms with Gasteiger partial charge in [-0.05, 0) is 30.4 Å². The van der Waals surface area contributed by atoms with E-state index in [1.54, 1.807) is 0 Å². The maximum Gasteiger partial charge on any atom is 0.326 e. The van der Waals surface area contributed by atoms with E-state index in [1.165, 1.54) is 10.9 Å². The van der Waals surface area contributed by atoms with Gasteiger partial charge >= 0.3 is 5.97 Å². The van der Waals surface area contributed by atoms with Crippen LogP contribution in [0.1, 0.15) is 44.1 Å². The Labute approximate surface area is 140 Å². The maximum absolute atomic E-state index is 12.2. The maximum atomic E-state index is 12.2. The minimum absolute atomic E-state index is 0.00509. The molecule has 0 spiro atoms. The number of carbonyl (C=O) groups excluding carboxylic acids is 1. The first kappa shape index (κ1) is 17.7. The highest BCUT2D eigenvalue weighted by molar-refractivity contribution is 5.94. The molecule has 7 nitrogen and oxygen atoms in total. The highest BCUT2D eigenvalue weighted by Crippen LogP contribution is 2.21. The van der Waals surface area contributed by atoms with Gasteiger partial charge < -0.3 is 10.4 Å². The summed E-state index contributed by atoms with van der Waals surface area (Å²) in [4.78, 5) is 23.6. The summed E-state index contributed by atoms with van der Waals surface area (Å²) >= 11 is 0. The number of amides is 1. The number of para-hydroxylation sites is 1. The lowest BCUT2D eigenvalue weighted by molar-refractivity contribution is -0.139. The van der Waals surface area contributed by atoms with Gasteiger partial charge in [0.15, 0.2) is 5.69 Å². The normalized spacial score (nSPS) is 12.6. The van der Waals surface area contributed by atoms with Crippen LogP contribution in [0.3, 0.4) is 0 Å². The molecule has 1 amide bonds. The van der Waals surface area contributed by atoms with Gasteiger partial charge in [0.2, 0.25) is 0 Å². The molecule has 0 radical (unpaired) electrons. The molecule has 0 aliphatic heterocycles. The molecule has 0 saturated carbocycles. The van der Waals surface area contributed by atoms with Gasteiger partial charge in [0.25, 0.3) is 5.91 Å². The molecule has 24 heavy (non-hydrogen) atoms. The highest BCUT2D eigenvalue weighted by atomic mass is 16.4. The van der Waals surface area contributed by atoms with Crippen molar-refractivity contribution < 1.29 is 14.7 Å². The fraction of sp³-hybridized carbons (Fsp3) is 0.412. The number of aliphatic carboxylic acids is 1. The van der Waals surface area contributed by atoms with Crippen LogP contribution in [0, 0.1) is 5.41 Å². The molecule has 2 rings (SSSR count). The van der Waals surface area contributed by atoms with Crippen molar-refractivity contribution in [3.63, 3.8) is 0 Å².